The summed E-state index contributed by atoms with van der Waals surface area (Å²) in [6.45, 7) is 4.27. The topological polar surface area (TPSA) is 12.0 Å². The SMILES string of the molecule is CC(N[C@H](C)c1cccc(Cl)c1)c1ccc(Cl)c(Br)c1. The fraction of sp³-hybridized carbons (Fsp3) is 0.250. The summed E-state index contributed by atoms with van der Waals surface area (Å²) in [7, 11) is 0. The number of benzene rings is 2. The van der Waals surface area contributed by atoms with Crippen molar-refractivity contribution in [1.29, 1.82) is 0 Å². The predicted octanol–water partition coefficient (Wildman–Crippen LogP) is 6.17. The van der Waals surface area contributed by atoms with Gasteiger partial charge in [0.1, 0.15) is 0 Å². The van der Waals surface area contributed by atoms with E-state index < -0.39 is 0 Å². The van der Waals surface area contributed by atoms with Crippen LogP contribution < -0.4 is 5.32 Å². The Morgan fingerprint density at radius 3 is 2.20 bits per heavy atom. The average molecular weight is 373 g/mol. The molecule has 2 atom stereocenters. The zero-order valence-electron chi connectivity index (χ0n) is 11.3. The standard InChI is InChI=1S/C16H16BrCl2N/c1-10(12-4-3-5-14(18)8-12)20-11(2)13-6-7-16(19)15(17)9-13/h3-11,20H,1-2H3/t10-,11?/m1/s1. The molecule has 20 heavy (non-hydrogen) atoms. The largest absolute Gasteiger partial charge is 0.304 e. The molecule has 0 saturated heterocycles. The van der Waals surface area contributed by atoms with E-state index in [4.69, 9.17) is 23.2 Å². The van der Waals surface area contributed by atoms with Gasteiger partial charge >= 0.3 is 0 Å². The van der Waals surface area contributed by atoms with Gasteiger partial charge in [0.05, 0.1) is 5.02 Å². The van der Waals surface area contributed by atoms with Crippen molar-refractivity contribution in [2.75, 3.05) is 0 Å². The zero-order chi connectivity index (χ0) is 14.7. The minimum atomic E-state index is 0.220. The van der Waals surface area contributed by atoms with Gasteiger partial charge in [0.2, 0.25) is 0 Å². The van der Waals surface area contributed by atoms with Crippen LogP contribution in [-0.4, -0.2) is 0 Å². The van der Waals surface area contributed by atoms with E-state index in [0.717, 1.165) is 14.5 Å². The van der Waals surface area contributed by atoms with Crippen molar-refractivity contribution in [1.82, 2.24) is 5.32 Å². The maximum atomic E-state index is 6.03. The third-order valence-corrected chi connectivity index (χ3v) is 4.74. The summed E-state index contributed by atoms with van der Waals surface area (Å²) in [4.78, 5) is 0. The maximum absolute atomic E-state index is 6.03. The molecular weight excluding hydrogens is 357 g/mol. The molecular formula is C16H16BrCl2N. The van der Waals surface area contributed by atoms with Crippen molar-refractivity contribution in [3.8, 4) is 0 Å². The Morgan fingerprint density at radius 2 is 1.60 bits per heavy atom. The van der Waals surface area contributed by atoms with Crippen molar-refractivity contribution in [3.63, 3.8) is 0 Å². The molecule has 4 heteroatoms. The van der Waals surface area contributed by atoms with Gasteiger partial charge in [-0.3, -0.25) is 0 Å². The Hall–Kier alpha value is -0.540. The van der Waals surface area contributed by atoms with Crippen molar-refractivity contribution in [2.24, 2.45) is 0 Å². The molecule has 2 rings (SSSR count). The number of rotatable bonds is 4. The molecule has 0 spiro atoms. The van der Waals surface area contributed by atoms with E-state index in [-0.39, 0.29) is 12.1 Å². The molecule has 0 bridgehead atoms. The first-order chi connectivity index (χ1) is 9.47. The summed E-state index contributed by atoms with van der Waals surface area (Å²) in [5, 5.41) is 5.05. The lowest BCUT2D eigenvalue weighted by Crippen LogP contribution is -2.22. The molecule has 0 saturated carbocycles. The van der Waals surface area contributed by atoms with Gasteiger partial charge in [-0.15, -0.1) is 0 Å². The second-order valence-electron chi connectivity index (χ2n) is 4.84. The van der Waals surface area contributed by atoms with Gasteiger partial charge in [0, 0.05) is 21.6 Å². The predicted molar refractivity (Wildman–Crippen MR) is 90.6 cm³/mol. The van der Waals surface area contributed by atoms with Crippen molar-refractivity contribution < 1.29 is 0 Å². The van der Waals surface area contributed by atoms with Crippen molar-refractivity contribution >= 4 is 39.1 Å². The van der Waals surface area contributed by atoms with Gasteiger partial charge in [-0.2, -0.15) is 0 Å². The molecule has 0 fully saturated rings. The van der Waals surface area contributed by atoms with Gasteiger partial charge in [-0.25, -0.2) is 0 Å². The van der Waals surface area contributed by atoms with Crippen LogP contribution in [-0.2, 0) is 0 Å². The molecule has 0 aliphatic carbocycles. The van der Waals surface area contributed by atoms with Crippen LogP contribution in [0.5, 0.6) is 0 Å². The second-order valence-corrected chi connectivity index (χ2v) is 6.54. The lowest BCUT2D eigenvalue weighted by molar-refractivity contribution is 0.494. The Labute approximate surface area is 138 Å². The Morgan fingerprint density at radius 1 is 0.950 bits per heavy atom. The summed E-state index contributed by atoms with van der Waals surface area (Å²) in [5.41, 5.74) is 2.37. The minimum absolute atomic E-state index is 0.220. The fourth-order valence-electron chi connectivity index (χ4n) is 2.13. The number of hydrogen-bond acceptors (Lipinski definition) is 1. The molecule has 1 N–H and O–H groups in total. The molecule has 106 valence electrons. The summed E-state index contributed by atoms with van der Waals surface area (Å²) >= 11 is 15.5. The van der Waals surface area contributed by atoms with Crippen LogP contribution in [0.3, 0.4) is 0 Å². The van der Waals surface area contributed by atoms with Gasteiger partial charge < -0.3 is 5.32 Å². The van der Waals surface area contributed by atoms with E-state index in [9.17, 15) is 0 Å². The summed E-state index contributed by atoms with van der Waals surface area (Å²) in [6, 6.07) is 14.4. The van der Waals surface area contributed by atoms with Crippen molar-refractivity contribution in [3.05, 3.63) is 68.1 Å². The Kier molecular flexibility index (Phi) is 5.50. The van der Waals surface area contributed by atoms with Gasteiger partial charge in [-0.1, -0.05) is 41.4 Å². The van der Waals surface area contributed by atoms with Crippen LogP contribution in [0, 0.1) is 0 Å². The van der Waals surface area contributed by atoms with E-state index in [1.54, 1.807) is 0 Å². The second kappa shape index (κ2) is 6.95. The highest BCUT2D eigenvalue weighted by molar-refractivity contribution is 9.10. The first-order valence-corrected chi connectivity index (χ1v) is 7.98. The summed E-state index contributed by atoms with van der Waals surface area (Å²) in [6.07, 6.45) is 0. The third-order valence-electron chi connectivity index (χ3n) is 3.29. The molecule has 0 aliphatic rings. The lowest BCUT2D eigenvalue weighted by atomic mass is 10.0. The van der Waals surface area contributed by atoms with E-state index in [1.807, 2.05) is 36.4 Å². The minimum Gasteiger partial charge on any atom is -0.304 e. The zero-order valence-corrected chi connectivity index (χ0v) is 14.4. The van der Waals surface area contributed by atoms with E-state index in [0.29, 0.717) is 0 Å². The molecule has 0 amide bonds. The highest BCUT2D eigenvalue weighted by Crippen LogP contribution is 2.27. The molecule has 0 aliphatic heterocycles. The number of nitrogens with one attached hydrogen (secondary N) is 1. The molecule has 1 unspecified atom stereocenters. The van der Waals surface area contributed by atoms with E-state index >= 15 is 0 Å². The van der Waals surface area contributed by atoms with Crippen LogP contribution in [0.25, 0.3) is 0 Å². The van der Waals surface area contributed by atoms with Gasteiger partial charge in [-0.05, 0) is 65.2 Å². The Bertz CT molecular complexity index is 601. The lowest BCUT2D eigenvalue weighted by Gasteiger charge is -2.21. The quantitative estimate of drug-likeness (QED) is 0.676. The molecule has 0 radical (unpaired) electrons. The fourth-order valence-corrected chi connectivity index (χ4v) is 2.84. The van der Waals surface area contributed by atoms with Gasteiger partial charge in [0.25, 0.3) is 0 Å². The maximum Gasteiger partial charge on any atom is 0.0548 e. The van der Waals surface area contributed by atoms with E-state index in [1.165, 1.54) is 11.1 Å². The van der Waals surface area contributed by atoms with Crippen LogP contribution in [0.1, 0.15) is 37.1 Å². The average Bonchev–Trinajstić information content (AvgIpc) is 2.41. The highest BCUT2D eigenvalue weighted by atomic mass is 79.9. The number of hydrogen-bond donors (Lipinski definition) is 1. The highest BCUT2D eigenvalue weighted by Gasteiger charge is 2.12. The molecule has 2 aromatic carbocycles. The smallest absolute Gasteiger partial charge is 0.0548 e. The first kappa shape index (κ1) is 15.8. The molecule has 2 aromatic rings. The summed E-state index contributed by atoms with van der Waals surface area (Å²) in [5.74, 6) is 0. The summed E-state index contributed by atoms with van der Waals surface area (Å²) < 4.78 is 0.917. The molecule has 0 heterocycles. The molecule has 0 aromatic heterocycles. The van der Waals surface area contributed by atoms with Crippen LogP contribution in [0.2, 0.25) is 10.0 Å². The van der Waals surface area contributed by atoms with Crippen LogP contribution in [0.15, 0.2) is 46.9 Å². The number of halogens is 3. The third kappa shape index (κ3) is 3.98. The van der Waals surface area contributed by atoms with Crippen LogP contribution in [0.4, 0.5) is 0 Å². The Balaban J connectivity index is 2.10. The van der Waals surface area contributed by atoms with E-state index in [2.05, 4.69) is 41.2 Å². The normalized spacial score (nSPS) is 14.1. The van der Waals surface area contributed by atoms with Crippen molar-refractivity contribution in [2.45, 2.75) is 25.9 Å². The van der Waals surface area contributed by atoms with Crippen LogP contribution >= 0.6 is 39.1 Å². The van der Waals surface area contributed by atoms with Gasteiger partial charge in [0.15, 0.2) is 0 Å². The molecule has 1 nitrogen and oxygen atoms in total. The monoisotopic (exact) mass is 371 g/mol. The first-order valence-electron chi connectivity index (χ1n) is 6.44.